The van der Waals surface area contributed by atoms with Crippen molar-refractivity contribution in [3.63, 3.8) is 0 Å². The summed E-state index contributed by atoms with van der Waals surface area (Å²) in [5.41, 5.74) is 0. The highest BCUT2D eigenvalue weighted by molar-refractivity contribution is 5.29. The predicted molar refractivity (Wildman–Crippen MR) is 68.2 cm³/mol. The third kappa shape index (κ3) is 2.45. The van der Waals surface area contributed by atoms with Crippen molar-refractivity contribution in [2.24, 2.45) is 0 Å². The van der Waals surface area contributed by atoms with Crippen LogP contribution in [0.1, 0.15) is 6.42 Å². The molecule has 1 aromatic rings. The first-order valence-corrected chi connectivity index (χ1v) is 6.55. The molecule has 0 bridgehead atoms. The molecule has 1 aromatic heterocycles. The van der Waals surface area contributed by atoms with Gasteiger partial charge in [-0.25, -0.2) is 15.0 Å². The van der Waals surface area contributed by atoms with Gasteiger partial charge in [-0.1, -0.05) is 0 Å². The van der Waals surface area contributed by atoms with E-state index in [1.807, 2.05) is 6.07 Å². The van der Waals surface area contributed by atoms with Crippen LogP contribution in [0.15, 0.2) is 18.5 Å². The van der Waals surface area contributed by atoms with E-state index in [9.17, 15) is 0 Å². The first-order chi connectivity index (χ1) is 8.95. The van der Waals surface area contributed by atoms with Crippen LogP contribution < -0.4 is 10.3 Å². The minimum Gasteiger partial charge on any atom is -0.379 e. The predicted octanol–water partition coefficient (Wildman–Crippen LogP) is -0.108. The van der Waals surface area contributed by atoms with Gasteiger partial charge in [0.1, 0.15) is 0 Å². The fraction of sp³-hybridized carbons (Fsp3) is 0.667. The second-order valence-electron chi connectivity index (χ2n) is 4.61. The number of anilines is 1. The molecular formula is C12H19N5O. The van der Waals surface area contributed by atoms with Gasteiger partial charge in [-0.3, -0.25) is 5.01 Å². The molecule has 0 saturated carbocycles. The lowest BCUT2D eigenvalue weighted by atomic mass is 10.2. The number of hydrogen-bond donors (Lipinski definition) is 1. The van der Waals surface area contributed by atoms with Crippen LogP contribution in [0.25, 0.3) is 0 Å². The molecule has 1 N–H and O–H groups in total. The van der Waals surface area contributed by atoms with Crippen LogP contribution in [0.2, 0.25) is 0 Å². The number of rotatable bonds is 3. The Morgan fingerprint density at radius 2 is 2.06 bits per heavy atom. The normalized spacial score (nSPS) is 25.2. The van der Waals surface area contributed by atoms with E-state index in [-0.39, 0.29) is 0 Å². The monoisotopic (exact) mass is 249 g/mol. The Kier molecular flexibility index (Phi) is 3.68. The summed E-state index contributed by atoms with van der Waals surface area (Å²) in [5.74, 6) is 0.787. The molecule has 0 aliphatic carbocycles. The molecule has 6 nitrogen and oxygen atoms in total. The molecule has 3 rings (SSSR count). The van der Waals surface area contributed by atoms with Gasteiger partial charge in [0.2, 0.25) is 5.95 Å². The SMILES string of the molecule is c1cnc(N(C2CCOC2)N2CCNCC2)nc1. The van der Waals surface area contributed by atoms with Crippen molar-refractivity contribution in [1.82, 2.24) is 20.3 Å². The summed E-state index contributed by atoms with van der Waals surface area (Å²) >= 11 is 0. The van der Waals surface area contributed by atoms with Crippen molar-refractivity contribution >= 4 is 5.95 Å². The molecule has 1 unspecified atom stereocenters. The summed E-state index contributed by atoms with van der Waals surface area (Å²) in [4.78, 5) is 8.79. The van der Waals surface area contributed by atoms with Crippen molar-refractivity contribution in [3.8, 4) is 0 Å². The topological polar surface area (TPSA) is 53.5 Å². The third-order valence-corrected chi connectivity index (χ3v) is 3.41. The molecule has 1 atom stereocenters. The molecule has 0 amide bonds. The average Bonchev–Trinajstić information content (AvgIpc) is 2.95. The molecular weight excluding hydrogens is 230 g/mol. The van der Waals surface area contributed by atoms with E-state index in [4.69, 9.17) is 4.74 Å². The van der Waals surface area contributed by atoms with Gasteiger partial charge < -0.3 is 10.1 Å². The second kappa shape index (κ2) is 5.60. The van der Waals surface area contributed by atoms with Crippen LogP contribution in [0.4, 0.5) is 5.95 Å². The molecule has 2 aliphatic rings. The summed E-state index contributed by atoms with van der Waals surface area (Å²) in [6, 6.07) is 2.22. The Balaban J connectivity index is 1.82. The van der Waals surface area contributed by atoms with E-state index in [1.54, 1.807) is 12.4 Å². The number of aromatic nitrogens is 2. The molecule has 0 radical (unpaired) electrons. The smallest absolute Gasteiger partial charge is 0.240 e. The lowest BCUT2D eigenvalue weighted by Crippen LogP contribution is -2.57. The quantitative estimate of drug-likeness (QED) is 0.807. The van der Waals surface area contributed by atoms with Crippen molar-refractivity contribution < 1.29 is 4.74 Å². The highest BCUT2D eigenvalue weighted by Gasteiger charge is 2.30. The molecule has 2 aliphatic heterocycles. The Bertz CT molecular complexity index is 362. The van der Waals surface area contributed by atoms with Crippen molar-refractivity contribution in [1.29, 1.82) is 0 Å². The third-order valence-electron chi connectivity index (χ3n) is 3.41. The number of piperazine rings is 1. The summed E-state index contributed by atoms with van der Waals surface area (Å²) in [6.45, 7) is 5.61. The zero-order valence-electron chi connectivity index (χ0n) is 10.5. The minimum absolute atomic E-state index is 0.366. The first kappa shape index (κ1) is 11.8. The highest BCUT2D eigenvalue weighted by atomic mass is 16.5. The maximum absolute atomic E-state index is 5.51. The van der Waals surface area contributed by atoms with Gasteiger partial charge >= 0.3 is 0 Å². The van der Waals surface area contributed by atoms with Crippen LogP contribution in [-0.2, 0) is 4.74 Å². The van der Waals surface area contributed by atoms with Crippen LogP contribution in [0, 0.1) is 0 Å². The largest absolute Gasteiger partial charge is 0.379 e. The van der Waals surface area contributed by atoms with E-state index in [0.717, 1.165) is 51.8 Å². The number of nitrogens with zero attached hydrogens (tertiary/aromatic N) is 4. The molecule has 2 fully saturated rings. The van der Waals surface area contributed by atoms with Gasteiger partial charge in [0, 0.05) is 45.2 Å². The zero-order valence-corrected chi connectivity index (χ0v) is 10.5. The molecule has 18 heavy (non-hydrogen) atoms. The Morgan fingerprint density at radius 1 is 1.28 bits per heavy atom. The van der Waals surface area contributed by atoms with Crippen LogP contribution in [-0.4, -0.2) is 60.4 Å². The van der Waals surface area contributed by atoms with Gasteiger partial charge in [-0.05, 0) is 12.5 Å². The number of nitrogens with one attached hydrogen (secondary N) is 1. The first-order valence-electron chi connectivity index (χ1n) is 6.55. The summed E-state index contributed by atoms with van der Waals surface area (Å²) in [5, 5.41) is 7.94. The van der Waals surface area contributed by atoms with Crippen molar-refractivity contribution in [2.45, 2.75) is 12.5 Å². The summed E-state index contributed by atoms with van der Waals surface area (Å²) in [7, 11) is 0. The standard InChI is InChI=1S/C12H19N5O/c1-3-14-12(15-4-1)17(11-2-9-18-10-11)16-7-5-13-6-8-16/h1,3-4,11,13H,2,5-10H2. The van der Waals surface area contributed by atoms with Crippen molar-refractivity contribution in [2.75, 3.05) is 44.4 Å². The van der Waals surface area contributed by atoms with E-state index in [1.165, 1.54) is 0 Å². The molecule has 98 valence electrons. The fourth-order valence-electron chi connectivity index (χ4n) is 2.51. The van der Waals surface area contributed by atoms with Crippen LogP contribution in [0.5, 0.6) is 0 Å². The Labute approximate surface area is 107 Å². The molecule has 0 spiro atoms. The van der Waals surface area contributed by atoms with Crippen LogP contribution in [0.3, 0.4) is 0 Å². The van der Waals surface area contributed by atoms with Crippen LogP contribution >= 0.6 is 0 Å². The van der Waals surface area contributed by atoms with Crippen molar-refractivity contribution in [3.05, 3.63) is 18.5 Å². The highest BCUT2D eigenvalue weighted by Crippen LogP contribution is 2.20. The summed E-state index contributed by atoms with van der Waals surface area (Å²) < 4.78 is 5.51. The number of ether oxygens (including phenoxy) is 1. The fourth-order valence-corrected chi connectivity index (χ4v) is 2.51. The maximum atomic E-state index is 5.51. The average molecular weight is 249 g/mol. The van der Waals surface area contributed by atoms with E-state index >= 15 is 0 Å². The Morgan fingerprint density at radius 3 is 2.72 bits per heavy atom. The molecule has 0 aromatic carbocycles. The van der Waals surface area contributed by atoms with E-state index in [0.29, 0.717) is 6.04 Å². The van der Waals surface area contributed by atoms with Gasteiger partial charge in [-0.15, -0.1) is 0 Å². The lowest BCUT2D eigenvalue weighted by molar-refractivity contribution is 0.162. The Hall–Kier alpha value is -1.24. The molecule has 2 saturated heterocycles. The van der Waals surface area contributed by atoms with Gasteiger partial charge in [0.15, 0.2) is 0 Å². The number of hydrazine groups is 1. The minimum atomic E-state index is 0.366. The van der Waals surface area contributed by atoms with Gasteiger partial charge in [0.25, 0.3) is 0 Å². The maximum Gasteiger partial charge on any atom is 0.240 e. The zero-order chi connectivity index (χ0) is 12.2. The van der Waals surface area contributed by atoms with Gasteiger partial charge in [-0.2, -0.15) is 0 Å². The van der Waals surface area contributed by atoms with Gasteiger partial charge in [0.05, 0.1) is 12.6 Å². The molecule has 3 heterocycles. The second-order valence-corrected chi connectivity index (χ2v) is 4.61. The molecule has 6 heteroatoms. The lowest BCUT2D eigenvalue weighted by Gasteiger charge is -2.40. The number of hydrogen-bond acceptors (Lipinski definition) is 6. The summed E-state index contributed by atoms with van der Waals surface area (Å²) in [6.07, 6.45) is 4.64. The van der Waals surface area contributed by atoms with E-state index < -0.39 is 0 Å². The van der Waals surface area contributed by atoms with E-state index in [2.05, 4.69) is 25.3 Å².